The van der Waals surface area contributed by atoms with E-state index in [1.807, 2.05) is 49.4 Å². The number of pyridine rings is 2. The van der Waals surface area contributed by atoms with Crippen LogP contribution in [0, 0.1) is 24.1 Å². The molecule has 0 aliphatic carbocycles. The topological polar surface area (TPSA) is 109 Å². The van der Waals surface area contributed by atoms with E-state index in [1.54, 1.807) is 13.0 Å². The first-order valence-electron chi connectivity index (χ1n) is 9.59. The lowest BCUT2D eigenvalue weighted by molar-refractivity contribution is 0.605. The highest BCUT2D eigenvalue weighted by Crippen LogP contribution is 2.30. The van der Waals surface area contributed by atoms with Crippen LogP contribution in [-0.2, 0) is 0 Å². The quantitative estimate of drug-likeness (QED) is 0.525. The molecule has 0 aliphatic heterocycles. The number of hydrogen-bond acceptors (Lipinski definition) is 6. The van der Waals surface area contributed by atoms with Gasteiger partial charge in [0.05, 0.1) is 17.3 Å². The fraction of sp³-hybridized carbons (Fsp3) is 0.130. The van der Waals surface area contributed by atoms with Crippen LogP contribution in [0.15, 0.2) is 59.7 Å². The van der Waals surface area contributed by atoms with Gasteiger partial charge in [0, 0.05) is 5.52 Å². The molecule has 0 saturated heterocycles. The van der Waals surface area contributed by atoms with Gasteiger partial charge in [-0.15, -0.1) is 0 Å². The summed E-state index contributed by atoms with van der Waals surface area (Å²) in [7, 11) is 0. The fourth-order valence-electron chi connectivity index (χ4n) is 3.64. The zero-order valence-electron chi connectivity index (χ0n) is 16.9. The van der Waals surface area contributed by atoms with Gasteiger partial charge in [0.15, 0.2) is 0 Å². The molecule has 7 nitrogen and oxygen atoms in total. The predicted molar refractivity (Wildman–Crippen MR) is 117 cm³/mol. The SMILES string of the molecule is Cc1c(F)ccc2cc([C@@H](C)Nc3ncnc(N)c3C#N)c(-c3ccccc3)c(=O)n12. The van der Waals surface area contributed by atoms with Gasteiger partial charge in [0.25, 0.3) is 5.56 Å². The molecule has 0 aliphatic rings. The number of nitrogens with two attached hydrogens (primary N) is 1. The summed E-state index contributed by atoms with van der Waals surface area (Å²) < 4.78 is 15.6. The summed E-state index contributed by atoms with van der Waals surface area (Å²) in [5, 5.41) is 12.6. The molecule has 1 atom stereocenters. The third kappa shape index (κ3) is 3.46. The first-order chi connectivity index (χ1) is 14.9. The van der Waals surface area contributed by atoms with Gasteiger partial charge >= 0.3 is 0 Å². The summed E-state index contributed by atoms with van der Waals surface area (Å²) in [6.45, 7) is 3.43. The highest BCUT2D eigenvalue weighted by Gasteiger charge is 2.21. The smallest absolute Gasteiger partial charge is 0.263 e. The van der Waals surface area contributed by atoms with E-state index in [9.17, 15) is 14.4 Å². The van der Waals surface area contributed by atoms with Gasteiger partial charge in [0.2, 0.25) is 0 Å². The van der Waals surface area contributed by atoms with E-state index in [4.69, 9.17) is 5.73 Å². The minimum atomic E-state index is -0.456. The molecule has 3 N–H and O–H groups in total. The Bertz CT molecular complexity index is 1390. The Balaban J connectivity index is 1.95. The first kappa shape index (κ1) is 20.0. The number of halogens is 1. The Morgan fingerprint density at radius 2 is 1.94 bits per heavy atom. The zero-order chi connectivity index (χ0) is 22.1. The third-order valence-electron chi connectivity index (χ3n) is 5.22. The van der Waals surface area contributed by atoms with Crippen molar-refractivity contribution in [2.24, 2.45) is 0 Å². The van der Waals surface area contributed by atoms with Gasteiger partial charge in [-0.05, 0) is 43.2 Å². The van der Waals surface area contributed by atoms with Crippen molar-refractivity contribution in [1.29, 1.82) is 5.26 Å². The van der Waals surface area contributed by atoms with Crippen molar-refractivity contribution in [2.45, 2.75) is 19.9 Å². The summed E-state index contributed by atoms with van der Waals surface area (Å²) in [4.78, 5) is 21.5. The molecule has 0 spiro atoms. The largest absolute Gasteiger partial charge is 0.382 e. The van der Waals surface area contributed by atoms with Crippen LogP contribution < -0.4 is 16.6 Å². The lowest BCUT2D eigenvalue weighted by Gasteiger charge is -2.21. The summed E-state index contributed by atoms with van der Waals surface area (Å²) in [5.41, 5.74) is 8.23. The monoisotopic (exact) mass is 414 g/mol. The molecule has 0 radical (unpaired) electrons. The zero-order valence-corrected chi connectivity index (χ0v) is 16.9. The van der Waals surface area contributed by atoms with E-state index < -0.39 is 11.9 Å². The van der Waals surface area contributed by atoms with Crippen LogP contribution in [0.25, 0.3) is 16.6 Å². The number of hydrogen-bond donors (Lipinski definition) is 2. The molecule has 0 amide bonds. The van der Waals surface area contributed by atoms with E-state index in [0.29, 0.717) is 22.2 Å². The normalized spacial score (nSPS) is 11.8. The molecule has 8 heteroatoms. The average Bonchev–Trinajstić information content (AvgIpc) is 2.76. The number of nitrogen functional groups attached to an aromatic ring is 1. The minimum Gasteiger partial charge on any atom is -0.382 e. The maximum absolute atomic E-state index is 14.2. The second kappa shape index (κ2) is 7.88. The second-order valence-electron chi connectivity index (χ2n) is 7.13. The number of nitrogens with one attached hydrogen (secondary N) is 1. The molecule has 3 aromatic heterocycles. The third-order valence-corrected chi connectivity index (χ3v) is 5.22. The Morgan fingerprint density at radius 1 is 1.19 bits per heavy atom. The Morgan fingerprint density at radius 3 is 2.65 bits per heavy atom. The minimum absolute atomic E-state index is 0.0696. The molecule has 4 rings (SSSR count). The molecule has 3 heterocycles. The predicted octanol–water partition coefficient (Wildman–Crippen LogP) is 3.83. The number of fused-ring (bicyclic) bond motifs is 1. The highest BCUT2D eigenvalue weighted by atomic mass is 19.1. The van der Waals surface area contributed by atoms with E-state index in [-0.39, 0.29) is 28.5 Å². The van der Waals surface area contributed by atoms with Gasteiger partial charge in [-0.3, -0.25) is 9.20 Å². The molecular weight excluding hydrogens is 395 g/mol. The number of aryl methyl sites for hydroxylation is 1. The van der Waals surface area contributed by atoms with Crippen molar-refractivity contribution in [1.82, 2.24) is 14.4 Å². The highest BCUT2D eigenvalue weighted by molar-refractivity contribution is 5.72. The molecule has 31 heavy (non-hydrogen) atoms. The van der Waals surface area contributed by atoms with E-state index in [2.05, 4.69) is 15.3 Å². The number of nitriles is 1. The molecule has 4 aromatic rings. The molecule has 0 bridgehead atoms. The van der Waals surface area contributed by atoms with Crippen molar-refractivity contribution < 1.29 is 4.39 Å². The summed E-state index contributed by atoms with van der Waals surface area (Å²) in [6.07, 6.45) is 1.27. The van der Waals surface area contributed by atoms with Gasteiger partial charge in [-0.2, -0.15) is 5.26 Å². The lowest BCUT2D eigenvalue weighted by Crippen LogP contribution is -2.23. The number of aromatic nitrogens is 3. The lowest BCUT2D eigenvalue weighted by atomic mass is 9.96. The number of benzene rings is 1. The molecule has 0 saturated carbocycles. The molecule has 0 unspecified atom stereocenters. The standard InChI is InChI=1S/C23H19FN6O/c1-13(29-22-18(11-25)21(26)27-12-28-22)17-10-16-8-9-19(24)14(2)30(16)23(31)20(17)15-6-4-3-5-7-15/h3-10,12-13H,1-2H3,(H3,26,27,28,29)/t13-/m1/s1. The van der Waals surface area contributed by atoms with Crippen LogP contribution in [-0.4, -0.2) is 14.4 Å². The van der Waals surface area contributed by atoms with Gasteiger partial charge in [0.1, 0.15) is 35.4 Å². The molecule has 0 fully saturated rings. The molecular formula is C23H19FN6O. The summed E-state index contributed by atoms with van der Waals surface area (Å²) >= 11 is 0. The van der Waals surface area contributed by atoms with Crippen molar-refractivity contribution in [3.8, 4) is 17.2 Å². The van der Waals surface area contributed by atoms with Crippen molar-refractivity contribution in [3.63, 3.8) is 0 Å². The van der Waals surface area contributed by atoms with Crippen LogP contribution in [0.5, 0.6) is 0 Å². The first-order valence-corrected chi connectivity index (χ1v) is 9.59. The van der Waals surface area contributed by atoms with Crippen LogP contribution in [0.3, 0.4) is 0 Å². The van der Waals surface area contributed by atoms with Crippen molar-refractivity contribution >= 4 is 17.2 Å². The number of nitrogens with zero attached hydrogens (tertiary/aromatic N) is 4. The van der Waals surface area contributed by atoms with E-state index in [1.165, 1.54) is 16.8 Å². The van der Waals surface area contributed by atoms with Gasteiger partial charge < -0.3 is 11.1 Å². The van der Waals surface area contributed by atoms with Crippen molar-refractivity contribution in [3.05, 3.63) is 87.9 Å². The Labute approximate surface area is 177 Å². The van der Waals surface area contributed by atoms with E-state index >= 15 is 0 Å². The summed E-state index contributed by atoms with van der Waals surface area (Å²) in [5.74, 6) is -0.111. The molecule has 1 aromatic carbocycles. The number of anilines is 2. The van der Waals surface area contributed by atoms with Crippen LogP contribution in [0.2, 0.25) is 0 Å². The molecule has 154 valence electrons. The van der Waals surface area contributed by atoms with Crippen LogP contribution in [0.4, 0.5) is 16.0 Å². The van der Waals surface area contributed by atoms with Crippen molar-refractivity contribution in [2.75, 3.05) is 11.1 Å². The number of rotatable bonds is 4. The maximum Gasteiger partial charge on any atom is 0.263 e. The van der Waals surface area contributed by atoms with E-state index in [0.717, 1.165) is 0 Å². The van der Waals surface area contributed by atoms with Crippen LogP contribution >= 0.6 is 0 Å². The van der Waals surface area contributed by atoms with Gasteiger partial charge in [-0.1, -0.05) is 30.3 Å². The van der Waals surface area contributed by atoms with Gasteiger partial charge in [-0.25, -0.2) is 14.4 Å². The second-order valence-corrected chi connectivity index (χ2v) is 7.13. The fourth-order valence-corrected chi connectivity index (χ4v) is 3.64. The van der Waals surface area contributed by atoms with Crippen LogP contribution in [0.1, 0.15) is 29.8 Å². The Hall–Kier alpha value is -4.25. The average molecular weight is 414 g/mol. The summed E-state index contributed by atoms with van der Waals surface area (Å²) in [6, 6.07) is 15.5. The Kier molecular flexibility index (Phi) is 5.09. The maximum atomic E-state index is 14.2.